The second kappa shape index (κ2) is 3.26. The van der Waals surface area contributed by atoms with Crippen LogP contribution in [0.3, 0.4) is 0 Å². The summed E-state index contributed by atoms with van der Waals surface area (Å²) >= 11 is 1.55. The maximum atomic E-state index is 10.5. The van der Waals surface area contributed by atoms with Crippen LogP contribution in [0.15, 0.2) is 22.7 Å². The van der Waals surface area contributed by atoms with E-state index < -0.39 is 5.97 Å². The Morgan fingerprint density at radius 2 is 2.36 bits per heavy atom. The van der Waals surface area contributed by atoms with E-state index in [4.69, 9.17) is 5.11 Å². The van der Waals surface area contributed by atoms with Crippen LogP contribution in [0.1, 0.15) is 15.4 Å². The Labute approximate surface area is 83.8 Å². The van der Waals surface area contributed by atoms with Crippen LogP contribution in [0.25, 0.3) is 10.6 Å². The van der Waals surface area contributed by atoms with E-state index in [1.165, 1.54) is 6.07 Å². The van der Waals surface area contributed by atoms with Gasteiger partial charge in [0, 0.05) is 10.9 Å². The Hall–Kier alpha value is -1.62. The molecule has 0 unspecified atom stereocenters. The van der Waals surface area contributed by atoms with Crippen LogP contribution in [-0.4, -0.2) is 16.2 Å². The van der Waals surface area contributed by atoms with E-state index in [9.17, 15) is 4.79 Å². The SMILES string of the molecule is Cc1ccc(-c2cc(C(=O)O)on2)s1. The minimum atomic E-state index is -1.10. The molecule has 0 amide bonds. The zero-order valence-electron chi connectivity index (χ0n) is 7.35. The third-order valence-corrected chi connectivity index (χ3v) is 2.74. The van der Waals surface area contributed by atoms with Crippen molar-refractivity contribution >= 4 is 17.3 Å². The Bertz CT molecular complexity index is 472. The largest absolute Gasteiger partial charge is 0.475 e. The molecule has 0 aliphatic heterocycles. The van der Waals surface area contributed by atoms with Crippen LogP contribution in [0, 0.1) is 6.92 Å². The molecule has 0 saturated heterocycles. The van der Waals surface area contributed by atoms with Crippen molar-refractivity contribution in [3.63, 3.8) is 0 Å². The molecule has 0 atom stereocenters. The number of aryl methyl sites for hydroxylation is 1. The molecule has 0 aliphatic carbocycles. The van der Waals surface area contributed by atoms with Gasteiger partial charge in [-0.25, -0.2) is 4.79 Å². The summed E-state index contributed by atoms with van der Waals surface area (Å²) in [4.78, 5) is 12.6. The van der Waals surface area contributed by atoms with Crippen LogP contribution in [0.2, 0.25) is 0 Å². The molecule has 0 saturated carbocycles. The molecule has 5 heteroatoms. The highest BCUT2D eigenvalue weighted by Crippen LogP contribution is 2.26. The van der Waals surface area contributed by atoms with Gasteiger partial charge in [0.1, 0.15) is 5.69 Å². The van der Waals surface area contributed by atoms with Crippen molar-refractivity contribution < 1.29 is 14.4 Å². The van der Waals surface area contributed by atoms with Gasteiger partial charge in [0.25, 0.3) is 0 Å². The molecule has 14 heavy (non-hydrogen) atoms. The predicted octanol–water partition coefficient (Wildman–Crippen LogP) is 2.41. The summed E-state index contributed by atoms with van der Waals surface area (Å²) in [5, 5.41) is 12.3. The van der Waals surface area contributed by atoms with Crippen LogP contribution in [0.5, 0.6) is 0 Å². The summed E-state index contributed by atoms with van der Waals surface area (Å²) in [6, 6.07) is 5.27. The Morgan fingerprint density at radius 3 is 2.86 bits per heavy atom. The first kappa shape index (κ1) is 8.96. The van der Waals surface area contributed by atoms with Crippen molar-refractivity contribution in [2.75, 3.05) is 0 Å². The normalized spacial score (nSPS) is 10.4. The predicted molar refractivity (Wildman–Crippen MR) is 51.5 cm³/mol. The molecule has 1 N–H and O–H groups in total. The van der Waals surface area contributed by atoms with Gasteiger partial charge in [-0.05, 0) is 19.1 Å². The van der Waals surface area contributed by atoms with Crippen molar-refractivity contribution in [3.05, 3.63) is 28.8 Å². The lowest BCUT2D eigenvalue weighted by Gasteiger charge is -1.83. The Balaban J connectivity index is 2.38. The third-order valence-electron chi connectivity index (χ3n) is 1.71. The lowest BCUT2D eigenvalue weighted by molar-refractivity contribution is 0.0652. The molecule has 0 aromatic carbocycles. The van der Waals surface area contributed by atoms with Gasteiger partial charge in [-0.1, -0.05) is 5.16 Å². The topological polar surface area (TPSA) is 63.3 Å². The minimum Gasteiger partial charge on any atom is -0.475 e. The van der Waals surface area contributed by atoms with E-state index in [0.29, 0.717) is 5.69 Å². The minimum absolute atomic E-state index is 0.133. The molecule has 2 heterocycles. The van der Waals surface area contributed by atoms with E-state index in [0.717, 1.165) is 9.75 Å². The van der Waals surface area contributed by atoms with Crippen LogP contribution in [0.4, 0.5) is 0 Å². The zero-order chi connectivity index (χ0) is 10.1. The molecule has 0 fully saturated rings. The quantitative estimate of drug-likeness (QED) is 0.824. The summed E-state index contributed by atoms with van der Waals surface area (Å²) in [5.74, 6) is -1.23. The number of nitrogens with zero attached hydrogens (tertiary/aromatic N) is 1. The number of aromatic nitrogens is 1. The molecule has 2 rings (SSSR count). The molecule has 0 spiro atoms. The van der Waals surface area contributed by atoms with Gasteiger partial charge in [0.05, 0.1) is 4.88 Å². The highest BCUT2D eigenvalue weighted by molar-refractivity contribution is 7.15. The first-order chi connectivity index (χ1) is 6.66. The third kappa shape index (κ3) is 1.54. The first-order valence-corrected chi connectivity index (χ1v) is 4.75. The van der Waals surface area contributed by atoms with Crippen LogP contribution in [-0.2, 0) is 0 Å². The number of thiophene rings is 1. The van der Waals surface area contributed by atoms with E-state index in [-0.39, 0.29) is 5.76 Å². The maximum absolute atomic E-state index is 10.5. The monoisotopic (exact) mass is 209 g/mol. The highest BCUT2D eigenvalue weighted by Gasteiger charge is 2.12. The van der Waals surface area contributed by atoms with E-state index in [2.05, 4.69) is 9.68 Å². The number of aromatic carboxylic acids is 1. The van der Waals surface area contributed by atoms with Crippen LogP contribution >= 0.6 is 11.3 Å². The summed E-state index contributed by atoms with van der Waals surface area (Å²) in [6.45, 7) is 1.98. The molecule has 2 aromatic heterocycles. The average molecular weight is 209 g/mol. The summed E-state index contributed by atoms with van der Waals surface area (Å²) in [6.07, 6.45) is 0. The average Bonchev–Trinajstić information content (AvgIpc) is 2.70. The molecule has 4 nitrogen and oxygen atoms in total. The van der Waals surface area contributed by atoms with Gasteiger partial charge in [0.2, 0.25) is 5.76 Å². The van der Waals surface area contributed by atoms with Crippen molar-refractivity contribution in [2.45, 2.75) is 6.92 Å². The number of hydrogen-bond donors (Lipinski definition) is 1. The van der Waals surface area contributed by atoms with Crippen molar-refractivity contribution in [1.82, 2.24) is 5.16 Å². The standard InChI is InChI=1S/C9H7NO3S/c1-5-2-3-8(14-5)6-4-7(9(11)12)13-10-6/h2-4H,1H3,(H,11,12). The lowest BCUT2D eigenvalue weighted by Crippen LogP contribution is -1.91. The number of carboxylic acid groups (broad SMARTS) is 1. The second-order valence-corrected chi connectivity index (χ2v) is 4.08. The van der Waals surface area contributed by atoms with Gasteiger partial charge in [0.15, 0.2) is 0 Å². The van der Waals surface area contributed by atoms with Crippen molar-refractivity contribution in [2.24, 2.45) is 0 Å². The summed E-state index contributed by atoms with van der Waals surface area (Å²) < 4.78 is 4.65. The smallest absolute Gasteiger partial charge is 0.374 e. The summed E-state index contributed by atoms with van der Waals surface area (Å²) in [7, 11) is 0. The van der Waals surface area contributed by atoms with E-state index in [1.54, 1.807) is 11.3 Å². The van der Waals surface area contributed by atoms with Crippen molar-refractivity contribution in [1.29, 1.82) is 0 Å². The molecule has 2 aromatic rings. The summed E-state index contributed by atoms with van der Waals surface area (Å²) in [5.41, 5.74) is 0.570. The second-order valence-electron chi connectivity index (χ2n) is 2.79. The van der Waals surface area contributed by atoms with Gasteiger partial charge >= 0.3 is 5.97 Å². The van der Waals surface area contributed by atoms with Crippen LogP contribution < -0.4 is 0 Å². The van der Waals surface area contributed by atoms with E-state index in [1.807, 2.05) is 19.1 Å². The van der Waals surface area contributed by atoms with Gasteiger partial charge in [-0.2, -0.15) is 0 Å². The molecule has 72 valence electrons. The Morgan fingerprint density at radius 1 is 1.57 bits per heavy atom. The molecule has 0 radical (unpaired) electrons. The lowest BCUT2D eigenvalue weighted by atomic mass is 10.3. The van der Waals surface area contributed by atoms with Crippen molar-refractivity contribution in [3.8, 4) is 10.6 Å². The molecule has 0 aliphatic rings. The maximum Gasteiger partial charge on any atom is 0.374 e. The molecule has 0 bridgehead atoms. The van der Waals surface area contributed by atoms with Gasteiger partial charge in [-0.15, -0.1) is 11.3 Å². The fourth-order valence-electron chi connectivity index (χ4n) is 1.06. The van der Waals surface area contributed by atoms with E-state index >= 15 is 0 Å². The highest BCUT2D eigenvalue weighted by atomic mass is 32.1. The zero-order valence-corrected chi connectivity index (χ0v) is 8.17. The van der Waals surface area contributed by atoms with Gasteiger partial charge in [-0.3, -0.25) is 0 Å². The number of hydrogen-bond acceptors (Lipinski definition) is 4. The number of carbonyl (C=O) groups is 1. The number of rotatable bonds is 2. The molecular weight excluding hydrogens is 202 g/mol. The molecular formula is C9H7NO3S. The number of carboxylic acids is 1. The first-order valence-electron chi connectivity index (χ1n) is 3.93. The fraction of sp³-hybridized carbons (Fsp3) is 0.111. The Kier molecular flexibility index (Phi) is 2.09. The van der Waals surface area contributed by atoms with Gasteiger partial charge < -0.3 is 9.63 Å². The fourth-order valence-corrected chi connectivity index (χ4v) is 1.88.